The van der Waals surface area contributed by atoms with Gasteiger partial charge in [0.25, 0.3) is 5.91 Å². The van der Waals surface area contributed by atoms with Crippen LogP contribution in [0, 0.1) is 0 Å². The lowest BCUT2D eigenvalue weighted by molar-refractivity contribution is 0.0941. The third kappa shape index (κ3) is 6.06. The van der Waals surface area contributed by atoms with Gasteiger partial charge in [-0.25, -0.2) is 8.42 Å². The number of halogens is 1. The molecule has 0 spiro atoms. The Morgan fingerprint density at radius 3 is 2.15 bits per heavy atom. The highest BCUT2D eigenvalue weighted by Gasteiger charge is 2.23. The zero-order chi connectivity index (χ0) is 19.2. The molecule has 0 aliphatic carbocycles. The first-order valence-electron chi connectivity index (χ1n) is 8.74. The van der Waals surface area contributed by atoms with Crippen molar-refractivity contribution in [3.05, 3.63) is 65.7 Å². The summed E-state index contributed by atoms with van der Waals surface area (Å²) in [6, 6.07) is 15.0. The van der Waals surface area contributed by atoms with Gasteiger partial charge in [0.2, 0.25) is 0 Å². The van der Waals surface area contributed by atoms with E-state index in [0.717, 1.165) is 12.8 Å². The molecule has 0 aromatic heterocycles. The molecule has 0 unspecified atom stereocenters. The standard InChI is InChI=1S/C20H26N2O3S.ClH/c1-3-20(21,4-2)15-22-19(23)18-13-9-8-10-16(18)14-26(24,25)17-11-6-5-7-12-17;/h5-13H,3-4,14-15,21H2,1-2H3,(H,22,23);1H. The Bertz CT molecular complexity index is 851. The predicted octanol–water partition coefficient (Wildman–Crippen LogP) is 3.33. The summed E-state index contributed by atoms with van der Waals surface area (Å²) in [4.78, 5) is 12.8. The Labute approximate surface area is 167 Å². The molecule has 27 heavy (non-hydrogen) atoms. The molecule has 5 nitrogen and oxygen atoms in total. The number of carbonyl (C=O) groups excluding carboxylic acids is 1. The lowest BCUT2D eigenvalue weighted by Crippen LogP contribution is -2.49. The fraction of sp³-hybridized carbons (Fsp3) is 0.350. The van der Waals surface area contributed by atoms with Gasteiger partial charge < -0.3 is 11.1 Å². The third-order valence-electron chi connectivity index (χ3n) is 4.72. The molecule has 2 aromatic carbocycles. The van der Waals surface area contributed by atoms with Gasteiger partial charge in [-0.2, -0.15) is 0 Å². The van der Waals surface area contributed by atoms with Crippen LogP contribution in [0.25, 0.3) is 0 Å². The van der Waals surface area contributed by atoms with Crippen LogP contribution in [0.4, 0.5) is 0 Å². The normalized spacial score (nSPS) is 11.5. The summed E-state index contributed by atoms with van der Waals surface area (Å²) >= 11 is 0. The monoisotopic (exact) mass is 410 g/mol. The highest BCUT2D eigenvalue weighted by atomic mass is 35.5. The van der Waals surface area contributed by atoms with E-state index in [1.165, 1.54) is 0 Å². The summed E-state index contributed by atoms with van der Waals surface area (Å²) in [6.45, 7) is 4.31. The Balaban J connectivity index is 0.00000364. The molecule has 3 N–H and O–H groups in total. The minimum atomic E-state index is -3.53. The first-order valence-corrected chi connectivity index (χ1v) is 10.4. The highest BCUT2D eigenvalue weighted by molar-refractivity contribution is 7.90. The van der Waals surface area contributed by atoms with Crippen LogP contribution in [0.5, 0.6) is 0 Å². The number of hydrogen-bond donors (Lipinski definition) is 2. The maximum Gasteiger partial charge on any atom is 0.251 e. The Morgan fingerprint density at radius 1 is 1.00 bits per heavy atom. The van der Waals surface area contributed by atoms with Crippen molar-refractivity contribution in [3.8, 4) is 0 Å². The quantitative estimate of drug-likeness (QED) is 0.698. The van der Waals surface area contributed by atoms with E-state index < -0.39 is 15.4 Å². The lowest BCUT2D eigenvalue weighted by atomic mass is 9.94. The second-order valence-electron chi connectivity index (χ2n) is 6.48. The van der Waals surface area contributed by atoms with Crippen molar-refractivity contribution in [2.45, 2.75) is 42.9 Å². The Kier molecular flexibility index (Phi) is 8.47. The molecule has 148 valence electrons. The van der Waals surface area contributed by atoms with Gasteiger partial charge in [-0.15, -0.1) is 12.4 Å². The maximum atomic E-state index is 12.6. The van der Waals surface area contributed by atoms with Crippen LogP contribution in [0.1, 0.15) is 42.6 Å². The van der Waals surface area contributed by atoms with Crippen LogP contribution in [0.15, 0.2) is 59.5 Å². The minimum Gasteiger partial charge on any atom is -0.350 e. The Hall–Kier alpha value is -1.89. The van der Waals surface area contributed by atoms with Gasteiger partial charge in [0.1, 0.15) is 0 Å². The van der Waals surface area contributed by atoms with E-state index in [1.54, 1.807) is 54.6 Å². The summed E-state index contributed by atoms with van der Waals surface area (Å²) in [5.74, 6) is -0.531. The summed E-state index contributed by atoms with van der Waals surface area (Å²) in [5.41, 5.74) is 6.61. The summed E-state index contributed by atoms with van der Waals surface area (Å²) in [7, 11) is -3.53. The largest absolute Gasteiger partial charge is 0.350 e. The van der Waals surface area contributed by atoms with Crippen LogP contribution in [-0.2, 0) is 15.6 Å². The highest BCUT2D eigenvalue weighted by Crippen LogP contribution is 2.19. The van der Waals surface area contributed by atoms with Crippen molar-refractivity contribution >= 4 is 28.2 Å². The van der Waals surface area contributed by atoms with Crippen molar-refractivity contribution in [3.63, 3.8) is 0 Å². The van der Waals surface area contributed by atoms with Crippen molar-refractivity contribution in [1.82, 2.24) is 5.32 Å². The molecule has 0 aliphatic rings. The second kappa shape index (κ2) is 9.88. The molecular formula is C20H27ClN2O3S. The molecule has 7 heteroatoms. The SMILES string of the molecule is CCC(N)(CC)CNC(=O)c1ccccc1CS(=O)(=O)c1ccccc1.Cl. The average Bonchev–Trinajstić information content (AvgIpc) is 2.66. The van der Waals surface area contributed by atoms with Gasteiger partial charge >= 0.3 is 0 Å². The molecule has 0 heterocycles. The van der Waals surface area contributed by atoms with Gasteiger partial charge in [0.15, 0.2) is 9.84 Å². The van der Waals surface area contributed by atoms with Gasteiger partial charge in [-0.3, -0.25) is 4.79 Å². The van der Waals surface area contributed by atoms with E-state index in [2.05, 4.69) is 5.32 Å². The molecule has 2 aromatic rings. The number of hydrogen-bond acceptors (Lipinski definition) is 4. The molecule has 0 atom stereocenters. The van der Waals surface area contributed by atoms with Gasteiger partial charge in [0.05, 0.1) is 10.6 Å². The van der Waals surface area contributed by atoms with Gasteiger partial charge in [0, 0.05) is 17.6 Å². The maximum absolute atomic E-state index is 12.6. The van der Waals surface area contributed by atoms with Crippen LogP contribution in [0.3, 0.4) is 0 Å². The first kappa shape index (κ1) is 23.1. The number of nitrogens with one attached hydrogen (secondary N) is 1. The summed E-state index contributed by atoms with van der Waals surface area (Å²) < 4.78 is 25.3. The second-order valence-corrected chi connectivity index (χ2v) is 8.47. The molecule has 0 fully saturated rings. The van der Waals surface area contributed by atoms with Crippen molar-refractivity contribution in [2.24, 2.45) is 5.73 Å². The van der Waals surface area contributed by atoms with E-state index in [4.69, 9.17) is 5.73 Å². The Morgan fingerprint density at radius 2 is 1.56 bits per heavy atom. The van der Waals surface area contributed by atoms with Crippen molar-refractivity contribution in [1.29, 1.82) is 0 Å². The third-order valence-corrected chi connectivity index (χ3v) is 6.40. The molecule has 0 aliphatic heterocycles. The average molecular weight is 411 g/mol. The molecule has 1 amide bonds. The number of carbonyl (C=O) groups is 1. The van der Waals surface area contributed by atoms with E-state index in [9.17, 15) is 13.2 Å². The van der Waals surface area contributed by atoms with Crippen LogP contribution >= 0.6 is 12.4 Å². The number of rotatable bonds is 8. The zero-order valence-corrected chi connectivity index (χ0v) is 17.3. The fourth-order valence-electron chi connectivity index (χ4n) is 2.64. The van der Waals surface area contributed by atoms with Crippen LogP contribution < -0.4 is 11.1 Å². The summed E-state index contributed by atoms with van der Waals surface area (Å²) in [6.07, 6.45) is 1.49. The molecule has 0 bridgehead atoms. The van der Waals surface area contributed by atoms with Gasteiger partial charge in [-0.1, -0.05) is 50.2 Å². The van der Waals surface area contributed by atoms with E-state index >= 15 is 0 Å². The number of sulfone groups is 1. The van der Waals surface area contributed by atoms with Crippen LogP contribution in [0.2, 0.25) is 0 Å². The fourth-order valence-corrected chi connectivity index (χ4v) is 4.03. The molecule has 0 radical (unpaired) electrons. The first-order chi connectivity index (χ1) is 12.3. The lowest BCUT2D eigenvalue weighted by Gasteiger charge is -2.27. The molecule has 0 saturated heterocycles. The number of amides is 1. The number of nitrogens with two attached hydrogens (primary N) is 1. The number of benzene rings is 2. The topological polar surface area (TPSA) is 89.3 Å². The van der Waals surface area contributed by atoms with E-state index in [-0.39, 0.29) is 29.0 Å². The van der Waals surface area contributed by atoms with Gasteiger partial charge in [-0.05, 0) is 36.6 Å². The van der Waals surface area contributed by atoms with Crippen LogP contribution in [-0.4, -0.2) is 26.4 Å². The molecule has 2 rings (SSSR count). The van der Waals surface area contributed by atoms with Crippen molar-refractivity contribution < 1.29 is 13.2 Å². The summed E-state index contributed by atoms with van der Waals surface area (Å²) in [5, 5.41) is 2.85. The minimum absolute atomic E-state index is 0. The van der Waals surface area contributed by atoms with Crippen molar-refractivity contribution in [2.75, 3.05) is 6.54 Å². The molecular weight excluding hydrogens is 384 g/mol. The van der Waals surface area contributed by atoms with E-state index in [0.29, 0.717) is 17.7 Å². The zero-order valence-electron chi connectivity index (χ0n) is 15.6. The van der Waals surface area contributed by atoms with E-state index in [1.807, 2.05) is 13.8 Å². The smallest absolute Gasteiger partial charge is 0.251 e. The predicted molar refractivity (Wildman–Crippen MR) is 111 cm³/mol. The molecule has 0 saturated carbocycles.